The highest BCUT2D eigenvalue weighted by atomic mass is 14.9. The van der Waals surface area contributed by atoms with Crippen molar-refractivity contribution in [2.24, 2.45) is 4.99 Å². The molecule has 0 saturated carbocycles. The van der Waals surface area contributed by atoms with Gasteiger partial charge < -0.3 is 5.32 Å². The van der Waals surface area contributed by atoms with Gasteiger partial charge in [0.25, 0.3) is 0 Å². The third-order valence-corrected chi connectivity index (χ3v) is 11.9. The molecule has 294 valence electrons. The van der Waals surface area contributed by atoms with Crippen LogP contribution < -0.4 is 5.32 Å². The van der Waals surface area contributed by atoms with E-state index in [0.717, 1.165) is 24.1 Å². The Kier molecular flexibility index (Phi) is 12.5. The van der Waals surface area contributed by atoms with E-state index in [4.69, 9.17) is 0 Å². The minimum Gasteiger partial charge on any atom is -0.310 e. The molecule has 0 saturated heterocycles. The minimum absolute atomic E-state index is 0.0165. The molecule has 0 radical (unpaired) electrons. The number of nitrogens with one attached hydrogen (secondary N) is 1. The number of nitrogens with zero attached hydrogens (tertiary/aromatic N) is 1. The Morgan fingerprint density at radius 3 is 1.72 bits per heavy atom. The number of benzene rings is 7. The van der Waals surface area contributed by atoms with Crippen LogP contribution in [0.2, 0.25) is 0 Å². The summed E-state index contributed by atoms with van der Waals surface area (Å²) in [6, 6.07) is 65.2. The average Bonchev–Trinajstić information content (AvgIpc) is 3.31. The van der Waals surface area contributed by atoms with Gasteiger partial charge in [-0.3, -0.25) is 4.99 Å². The predicted molar refractivity (Wildman–Crippen MR) is 257 cm³/mol. The monoisotopic (exact) mass is 776 g/mol. The molecule has 0 heterocycles. The summed E-state index contributed by atoms with van der Waals surface area (Å²) in [6.07, 6.45) is 11.3. The van der Waals surface area contributed by atoms with Crippen LogP contribution in [-0.2, 0) is 0 Å². The largest absolute Gasteiger partial charge is 0.310 e. The second-order valence-corrected chi connectivity index (χ2v) is 15.6. The molecule has 7 aromatic rings. The SMILES string of the molecule is C=N/C(=C\C(c1ccccc1)c1ccc(-c2ccc(C3=CC=C(/C(=C/C(NC)c4ccccc4)c4ccccc4)CC3)c(-c3ccccc3C)c2C)cc1)c1ccccc1. The zero-order chi connectivity index (χ0) is 41.3. The van der Waals surface area contributed by atoms with E-state index in [0.29, 0.717) is 0 Å². The summed E-state index contributed by atoms with van der Waals surface area (Å²) in [5, 5.41) is 3.55. The molecule has 0 fully saturated rings. The number of likely N-dealkylation sites (N-methyl/N-ethyl adjacent to an activating group) is 1. The van der Waals surface area contributed by atoms with E-state index in [2.05, 4.69) is 219 Å². The van der Waals surface area contributed by atoms with Gasteiger partial charge in [0.2, 0.25) is 0 Å². The number of aryl methyl sites for hydroxylation is 1. The molecule has 0 bridgehead atoms. The number of allylic oxidation sites excluding steroid dienone is 6. The molecule has 0 amide bonds. The van der Waals surface area contributed by atoms with Crippen LogP contribution in [-0.4, -0.2) is 13.8 Å². The fourth-order valence-electron chi connectivity index (χ4n) is 8.68. The van der Waals surface area contributed by atoms with Gasteiger partial charge in [-0.2, -0.15) is 0 Å². The lowest BCUT2D eigenvalue weighted by atomic mass is 9.81. The highest BCUT2D eigenvalue weighted by molar-refractivity contribution is 5.91. The number of rotatable bonds is 13. The van der Waals surface area contributed by atoms with Crippen molar-refractivity contribution in [1.82, 2.24) is 5.32 Å². The third-order valence-electron chi connectivity index (χ3n) is 11.9. The topological polar surface area (TPSA) is 24.4 Å². The maximum atomic E-state index is 4.47. The van der Waals surface area contributed by atoms with Crippen LogP contribution in [0.1, 0.15) is 69.3 Å². The number of hydrogen-bond donors (Lipinski definition) is 1. The van der Waals surface area contributed by atoms with Crippen LogP contribution >= 0.6 is 0 Å². The van der Waals surface area contributed by atoms with Crippen LogP contribution in [0.4, 0.5) is 0 Å². The van der Waals surface area contributed by atoms with Crippen LogP contribution in [0.5, 0.6) is 0 Å². The molecule has 2 unspecified atom stereocenters. The van der Waals surface area contributed by atoms with E-state index in [9.17, 15) is 0 Å². The first-order valence-corrected chi connectivity index (χ1v) is 21.0. The van der Waals surface area contributed by atoms with E-state index in [1.807, 2.05) is 25.2 Å². The van der Waals surface area contributed by atoms with Gasteiger partial charge >= 0.3 is 0 Å². The maximum absolute atomic E-state index is 4.47. The maximum Gasteiger partial charge on any atom is 0.0664 e. The zero-order valence-corrected chi connectivity index (χ0v) is 34.9. The van der Waals surface area contributed by atoms with Crippen molar-refractivity contribution in [3.63, 3.8) is 0 Å². The summed E-state index contributed by atoms with van der Waals surface area (Å²) >= 11 is 0. The highest BCUT2D eigenvalue weighted by Crippen LogP contribution is 2.43. The molecular weight excluding hydrogens is 725 g/mol. The lowest BCUT2D eigenvalue weighted by Crippen LogP contribution is -2.14. The Morgan fingerprint density at radius 1 is 0.550 bits per heavy atom. The Labute approximate surface area is 356 Å². The highest BCUT2D eigenvalue weighted by Gasteiger charge is 2.22. The van der Waals surface area contributed by atoms with Gasteiger partial charge in [-0.25, -0.2) is 0 Å². The molecule has 8 rings (SSSR count). The normalized spacial score (nSPS) is 14.2. The molecule has 2 heteroatoms. The van der Waals surface area contributed by atoms with Crippen molar-refractivity contribution < 1.29 is 0 Å². The van der Waals surface area contributed by atoms with Crippen LogP contribution in [0.25, 0.3) is 39.1 Å². The van der Waals surface area contributed by atoms with Crippen molar-refractivity contribution in [3.05, 3.63) is 256 Å². The molecule has 0 spiro atoms. The molecule has 2 nitrogen and oxygen atoms in total. The van der Waals surface area contributed by atoms with Gasteiger partial charge in [0.05, 0.1) is 11.7 Å². The van der Waals surface area contributed by atoms with Crippen molar-refractivity contribution in [2.75, 3.05) is 7.05 Å². The minimum atomic E-state index is 0.0165. The van der Waals surface area contributed by atoms with Crippen LogP contribution in [0.15, 0.2) is 217 Å². The molecule has 2 atom stereocenters. The molecule has 7 aromatic carbocycles. The molecule has 1 aliphatic rings. The smallest absolute Gasteiger partial charge is 0.0664 e. The van der Waals surface area contributed by atoms with E-state index in [1.165, 1.54) is 77.9 Å². The lowest BCUT2D eigenvalue weighted by Gasteiger charge is -2.24. The average molecular weight is 777 g/mol. The van der Waals surface area contributed by atoms with Crippen molar-refractivity contribution in [1.29, 1.82) is 0 Å². The van der Waals surface area contributed by atoms with Crippen LogP contribution in [0, 0.1) is 13.8 Å². The van der Waals surface area contributed by atoms with Crippen molar-refractivity contribution >= 4 is 23.6 Å². The lowest BCUT2D eigenvalue weighted by molar-refractivity contribution is 0.715. The second kappa shape index (κ2) is 18.8. The molecule has 0 aliphatic heterocycles. The molecular formula is C58H52N2. The molecule has 1 aliphatic carbocycles. The van der Waals surface area contributed by atoms with E-state index < -0.39 is 0 Å². The summed E-state index contributed by atoms with van der Waals surface area (Å²) in [5.41, 5.74) is 19.8. The van der Waals surface area contributed by atoms with E-state index >= 15 is 0 Å². The van der Waals surface area contributed by atoms with Crippen LogP contribution in [0.3, 0.4) is 0 Å². The van der Waals surface area contributed by atoms with Gasteiger partial charge in [-0.05, 0) is 130 Å². The fraction of sp³-hybridized carbons (Fsp3) is 0.121. The third kappa shape index (κ3) is 8.76. The first-order chi connectivity index (χ1) is 29.5. The Bertz CT molecular complexity index is 2680. The van der Waals surface area contributed by atoms with Crippen molar-refractivity contribution in [2.45, 2.75) is 38.6 Å². The predicted octanol–water partition coefficient (Wildman–Crippen LogP) is 14.7. The standard InChI is InChI=1S/C58H52N2/c1-41-19-17-18-28-51(41)58-42(2)52(45-29-33-47(34-30-45)54(43-20-9-5-10-21-43)39-56(59-3)49-24-13-7-14-25-49)37-38-53(58)46-31-35-48(36-32-46)55(44-22-11-6-12-23-44)40-57(60-4)50-26-15-8-16-27-50/h5-31,33-35,37-40,54,57,60H,3,32,36H2,1-2,4H3/b55-40+,56-39-. The van der Waals surface area contributed by atoms with Gasteiger partial charge in [-0.15, -0.1) is 0 Å². The first-order valence-electron chi connectivity index (χ1n) is 21.0. The Balaban J connectivity index is 1.18. The second-order valence-electron chi connectivity index (χ2n) is 15.6. The summed E-state index contributed by atoms with van der Waals surface area (Å²) in [7, 11) is 2.04. The molecule has 1 N–H and O–H groups in total. The van der Waals surface area contributed by atoms with Gasteiger partial charge in [0.1, 0.15) is 0 Å². The van der Waals surface area contributed by atoms with Gasteiger partial charge in [0.15, 0.2) is 0 Å². The van der Waals surface area contributed by atoms with E-state index in [1.54, 1.807) is 0 Å². The molecule has 60 heavy (non-hydrogen) atoms. The van der Waals surface area contributed by atoms with Gasteiger partial charge in [-0.1, -0.05) is 200 Å². The Morgan fingerprint density at radius 2 is 1.12 bits per heavy atom. The summed E-state index contributed by atoms with van der Waals surface area (Å²) in [4.78, 5) is 4.47. The quantitative estimate of drug-likeness (QED) is 0.116. The number of aliphatic imine (C=N–C) groups is 1. The van der Waals surface area contributed by atoms with E-state index in [-0.39, 0.29) is 12.0 Å². The summed E-state index contributed by atoms with van der Waals surface area (Å²) < 4.78 is 0. The summed E-state index contributed by atoms with van der Waals surface area (Å²) in [6.45, 7) is 8.47. The first kappa shape index (κ1) is 39.9. The fourth-order valence-corrected chi connectivity index (χ4v) is 8.68. The Hall–Kier alpha value is -6.87. The van der Waals surface area contributed by atoms with Gasteiger partial charge in [0, 0.05) is 5.92 Å². The van der Waals surface area contributed by atoms with Crippen molar-refractivity contribution in [3.8, 4) is 22.3 Å². The number of hydrogen-bond acceptors (Lipinski definition) is 2. The summed E-state index contributed by atoms with van der Waals surface area (Å²) in [5.74, 6) is 0.0165. The molecule has 0 aromatic heterocycles. The zero-order valence-electron chi connectivity index (χ0n) is 34.9.